The molecule has 0 aliphatic heterocycles. The van der Waals surface area contributed by atoms with Crippen molar-refractivity contribution in [2.24, 2.45) is 0 Å². The second-order valence-corrected chi connectivity index (χ2v) is 9.06. The lowest BCUT2D eigenvalue weighted by Gasteiger charge is -2.20. The molecule has 0 unspecified atom stereocenters. The molecule has 0 aliphatic carbocycles. The zero-order valence-electron chi connectivity index (χ0n) is 9.70. The topological polar surface area (TPSA) is 0 Å². The highest BCUT2D eigenvalue weighted by Crippen LogP contribution is 2.37. The van der Waals surface area contributed by atoms with Crippen molar-refractivity contribution in [3.05, 3.63) is 0 Å². The minimum absolute atomic E-state index is 0.212. The Balaban J connectivity index is 3.38. The fourth-order valence-electron chi connectivity index (χ4n) is 1.59. The van der Waals surface area contributed by atoms with Crippen molar-refractivity contribution in [1.82, 2.24) is 0 Å². The number of halogens is 3. The van der Waals surface area contributed by atoms with Crippen molar-refractivity contribution in [2.45, 2.75) is 67.9 Å². The summed E-state index contributed by atoms with van der Waals surface area (Å²) in [5.74, 6) is 0. The van der Waals surface area contributed by atoms with Gasteiger partial charge in [0.05, 0.1) is 3.23 Å². The highest BCUT2D eigenvalue weighted by atomic mass is 79.9. The molecule has 0 fully saturated rings. The van der Waals surface area contributed by atoms with Crippen LogP contribution in [0.1, 0.15) is 64.7 Å². The second-order valence-electron chi connectivity index (χ2n) is 4.17. The molecule has 0 amide bonds. The van der Waals surface area contributed by atoms with Crippen LogP contribution in [-0.4, -0.2) is 8.56 Å². The van der Waals surface area contributed by atoms with E-state index in [0.29, 0.717) is 0 Å². The monoisotopic (exact) mass is 404 g/mol. The van der Waals surface area contributed by atoms with Gasteiger partial charge in [0, 0.05) is 5.33 Å². The van der Waals surface area contributed by atoms with E-state index in [9.17, 15) is 0 Å². The van der Waals surface area contributed by atoms with Crippen molar-refractivity contribution in [3.63, 3.8) is 0 Å². The van der Waals surface area contributed by atoms with E-state index in [4.69, 9.17) is 0 Å². The predicted octanol–water partition coefficient (Wildman–Crippen LogP) is 6.40. The van der Waals surface area contributed by atoms with Crippen molar-refractivity contribution in [3.8, 4) is 0 Å². The molecule has 0 aromatic heterocycles. The molecule has 92 valence electrons. The van der Waals surface area contributed by atoms with Gasteiger partial charge in [-0.05, 0) is 19.3 Å². The molecule has 0 N–H and O–H groups in total. The van der Waals surface area contributed by atoms with Crippen LogP contribution in [0.2, 0.25) is 0 Å². The predicted molar refractivity (Wildman–Crippen MR) is 81.6 cm³/mol. The molecule has 0 aromatic rings. The third-order valence-corrected chi connectivity index (χ3v) is 4.72. The van der Waals surface area contributed by atoms with Crippen LogP contribution < -0.4 is 0 Å². The Morgan fingerprint density at radius 1 is 0.800 bits per heavy atom. The Bertz CT molecular complexity index is 135. The Kier molecular flexibility index (Phi) is 11.6. The van der Waals surface area contributed by atoms with Crippen molar-refractivity contribution in [2.75, 3.05) is 5.33 Å². The van der Waals surface area contributed by atoms with Gasteiger partial charge in [0.15, 0.2) is 0 Å². The normalized spacial score (nSPS) is 12.0. The molecular formula is C12H23Br3. The van der Waals surface area contributed by atoms with E-state index in [0.717, 1.165) is 5.33 Å². The standard InChI is InChI=1S/C12H23Br3/c1-2-3-6-9-12(14,15)10-7-4-5-8-11-13/h2-11H2,1H3. The van der Waals surface area contributed by atoms with Gasteiger partial charge in [0.2, 0.25) is 0 Å². The van der Waals surface area contributed by atoms with Crippen molar-refractivity contribution < 1.29 is 0 Å². The van der Waals surface area contributed by atoms with Gasteiger partial charge in [-0.25, -0.2) is 0 Å². The summed E-state index contributed by atoms with van der Waals surface area (Å²) in [4.78, 5) is 0. The van der Waals surface area contributed by atoms with E-state index < -0.39 is 0 Å². The van der Waals surface area contributed by atoms with E-state index in [1.807, 2.05) is 0 Å². The first-order chi connectivity index (χ1) is 7.12. The van der Waals surface area contributed by atoms with Gasteiger partial charge in [0.25, 0.3) is 0 Å². The van der Waals surface area contributed by atoms with Crippen LogP contribution in [0.25, 0.3) is 0 Å². The summed E-state index contributed by atoms with van der Waals surface area (Å²) < 4.78 is 0.212. The Labute approximate surface area is 120 Å². The molecule has 0 atom stereocenters. The highest BCUT2D eigenvalue weighted by Gasteiger charge is 2.20. The minimum atomic E-state index is 0.212. The molecule has 0 heterocycles. The Morgan fingerprint density at radius 2 is 1.33 bits per heavy atom. The van der Waals surface area contributed by atoms with Gasteiger partial charge in [-0.3, -0.25) is 0 Å². The number of hydrogen-bond acceptors (Lipinski definition) is 0. The number of alkyl halides is 3. The summed E-state index contributed by atoms with van der Waals surface area (Å²) in [5.41, 5.74) is 0. The molecule has 15 heavy (non-hydrogen) atoms. The lowest BCUT2D eigenvalue weighted by Crippen LogP contribution is -2.10. The smallest absolute Gasteiger partial charge is 0.0805 e. The van der Waals surface area contributed by atoms with Crippen LogP contribution in [0.15, 0.2) is 0 Å². The molecule has 0 aromatic carbocycles. The maximum atomic E-state index is 3.79. The van der Waals surface area contributed by atoms with Crippen LogP contribution in [0.5, 0.6) is 0 Å². The van der Waals surface area contributed by atoms with Crippen molar-refractivity contribution >= 4 is 47.8 Å². The first-order valence-corrected chi connectivity index (χ1v) is 8.77. The average Bonchev–Trinajstić information content (AvgIpc) is 2.17. The summed E-state index contributed by atoms with van der Waals surface area (Å²) in [6, 6.07) is 0. The summed E-state index contributed by atoms with van der Waals surface area (Å²) in [6.07, 6.45) is 11.8. The molecule has 0 bridgehead atoms. The maximum Gasteiger partial charge on any atom is 0.0805 e. The van der Waals surface area contributed by atoms with Crippen LogP contribution in [0.3, 0.4) is 0 Å². The van der Waals surface area contributed by atoms with E-state index in [1.54, 1.807) is 0 Å². The van der Waals surface area contributed by atoms with E-state index in [1.165, 1.54) is 57.8 Å². The average molecular weight is 407 g/mol. The molecule has 0 spiro atoms. The van der Waals surface area contributed by atoms with Crippen molar-refractivity contribution in [1.29, 1.82) is 0 Å². The lowest BCUT2D eigenvalue weighted by atomic mass is 10.1. The fourth-order valence-corrected chi connectivity index (χ4v) is 3.11. The number of rotatable bonds is 10. The van der Waals surface area contributed by atoms with Gasteiger partial charge in [-0.15, -0.1) is 0 Å². The molecule has 0 radical (unpaired) electrons. The van der Waals surface area contributed by atoms with Crippen LogP contribution in [0, 0.1) is 0 Å². The largest absolute Gasteiger partial charge is 0.0928 e. The van der Waals surface area contributed by atoms with Crippen LogP contribution in [-0.2, 0) is 0 Å². The van der Waals surface area contributed by atoms with E-state index >= 15 is 0 Å². The highest BCUT2D eigenvalue weighted by molar-refractivity contribution is 9.25. The molecule has 0 nitrogen and oxygen atoms in total. The summed E-state index contributed by atoms with van der Waals surface area (Å²) >= 11 is 11.0. The fraction of sp³-hybridized carbons (Fsp3) is 1.00. The first kappa shape index (κ1) is 16.4. The summed E-state index contributed by atoms with van der Waals surface area (Å²) in [5, 5.41) is 1.15. The minimum Gasteiger partial charge on any atom is -0.0928 e. The van der Waals surface area contributed by atoms with E-state index in [-0.39, 0.29) is 3.23 Å². The molecule has 0 aliphatic rings. The molecule has 0 saturated carbocycles. The van der Waals surface area contributed by atoms with Crippen LogP contribution >= 0.6 is 47.8 Å². The Morgan fingerprint density at radius 3 is 1.87 bits per heavy atom. The Hall–Kier alpha value is 1.44. The SMILES string of the molecule is CCCCCC(Br)(Br)CCCCCCBr. The van der Waals surface area contributed by atoms with Gasteiger partial charge >= 0.3 is 0 Å². The van der Waals surface area contributed by atoms with E-state index in [2.05, 4.69) is 54.7 Å². The van der Waals surface area contributed by atoms with Gasteiger partial charge < -0.3 is 0 Å². The number of hydrogen-bond donors (Lipinski definition) is 0. The lowest BCUT2D eigenvalue weighted by molar-refractivity contribution is 0.561. The van der Waals surface area contributed by atoms with Gasteiger partial charge in [-0.2, -0.15) is 0 Å². The molecule has 3 heteroatoms. The summed E-state index contributed by atoms with van der Waals surface area (Å²) in [7, 11) is 0. The quantitative estimate of drug-likeness (QED) is 0.291. The second kappa shape index (κ2) is 10.6. The molecule has 0 saturated heterocycles. The zero-order valence-corrected chi connectivity index (χ0v) is 14.5. The summed E-state index contributed by atoms with van der Waals surface area (Å²) in [6.45, 7) is 2.25. The molecular weight excluding hydrogens is 384 g/mol. The first-order valence-electron chi connectivity index (χ1n) is 6.06. The third-order valence-electron chi connectivity index (χ3n) is 2.57. The van der Waals surface area contributed by atoms with Gasteiger partial charge in [-0.1, -0.05) is 93.2 Å². The number of unbranched alkanes of at least 4 members (excludes halogenated alkanes) is 5. The maximum absolute atomic E-state index is 3.79. The van der Waals surface area contributed by atoms with Gasteiger partial charge in [0.1, 0.15) is 0 Å². The molecule has 0 rings (SSSR count). The van der Waals surface area contributed by atoms with Crippen LogP contribution in [0.4, 0.5) is 0 Å². The third kappa shape index (κ3) is 11.7. The zero-order chi connectivity index (χ0) is 11.6.